The van der Waals surface area contributed by atoms with Gasteiger partial charge >= 0.3 is 6.18 Å². The molecule has 1 amide bonds. The van der Waals surface area contributed by atoms with Crippen LogP contribution in [0.5, 0.6) is 0 Å². The van der Waals surface area contributed by atoms with Crippen LogP contribution in [0, 0.1) is 0 Å². The van der Waals surface area contributed by atoms with E-state index in [4.69, 9.17) is 0 Å². The van der Waals surface area contributed by atoms with Gasteiger partial charge < -0.3 is 5.32 Å². The normalized spacial score (nSPS) is 12.0. The standard InChI is InChI=1S/C17H14F3N5O4S/c18-17(19,20)15-12(10-22-25(15)13-6-7-14(26)24-23-13)16(27)21-8-9-30(28,29)11-4-2-1-3-5-11/h1-7,10H,8-9H2,(H,21,27)(H,24,26). The summed E-state index contributed by atoms with van der Waals surface area (Å²) in [7, 11) is -3.72. The van der Waals surface area contributed by atoms with E-state index < -0.39 is 51.0 Å². The number of benzene rings is 1. The molecule has 0 atom stereocenters. The molecular weight excluding hydrogens is 427 g/mol. The lowest BCUT2D eigenvalue weighted by Crippen LogP contribution is -2.31. The molecule has 0 aliphatic heterocycles. The Morgan fingerprint density at radius 3 is 2.43 bits per heavy atom. The number of carbonyl (C=O) groups is 1. The Balaban J connectivity index is 1.81. The summed E-state index contributed by atoms with van der Waals surface area (Å²) >= 11 is 0. The van der Waals surface area contributed by atoms with Gasteiger partial charge in [-0.15, -0.1) is 0 Å². The van der Waals surface area contributed by atoms with Gasteiger partial charge in [0.25, 0.3) is 11.5 Å². The molecule has 0 spiro atoms. The van der Waals surface area contributed by atoms with Crippen molar-refractivity contribution in [2.75, 3.05) is 12.3 Å². The first kappa shape index (κ1) is 21.2. The fourth-order valence-electron chi connectivity index (χ4n) is 2.56. The number of aromatic nitrogens is 4. The molecule has 0 unspecified atom stereocenters. The Kier molecular flexibility index (Phi) is 5.73. The van der Waals surface area contributed by atoms with Crippen molar-refractivity contribution in [1.82, 2.24) is 25.3 Å². The van der Waals surface area contributed by atoms with E-state index in [1.165, 1.54) is 24.3 Å². The first-order valence-corrected chi connectivity index (χ1v) is 10.0. The summed E-state index contributed by atoms with van der Waals surface area (Å²) in [6, 6.07) is 9.41. The van der Waals surface area contributed by atoms with Crippen molar-refractivity contribution in [1.29, 1.82) is 0 Å². The van der Waals surface area contributed by atoms with Gasteiger partial charge in [0.1, 0.15) is 0 Å². The molecule has 158 valence electrons. The molecule has 13 heteroatoms. The summed E-state index contributed by atoms with van der Waals surface area (Å²) in [4.78, 5) is 23.4. The third-order valence-corrected chi connectivity index (χ3v) is 5.65. The highest BCUT2D eigenvalue weighted by atomic mass is 32.2. The molecule has 0 radical (unpaired) electrons. The minimum absolute atomic E-state index is 0.0344. The number of sulfone groups is 1. The average molecular weight is 441 g/mol. The van der Waals surface area contributed by atoms with E-state index in [-0.39, 0.29) is 10.7 Å². The summed E-state index contributed by atoms with van der Waals surface area (Å²) in [5.74, 6) is -2.01. The van der Waals surface area contributed by atoms with Gasteiger partial charge in [0.2, 0.25) is 0 Å². The number of aromatic amines is 1. The fraction of sp³-hybridized carbons (Fsp3) is 0.176. The SMILES string of the molecule is O=C(NCCS(=O)(=O)c1ccccc1)c1cnn(-c2ccc(=O)[nH]n2)c1C(F)(F)F. The number of nitrogens with zero attached hydrogens (tertiary/aromatic N) is 3. The number of hydrogen-bond acceptors (Lipinski definition) is 6. The van der Waals surface area contributed by atoms with Gasteiger partial charge in [-0.25, -0.2) is 18.2 Å². The van der Waals surface area contributed by atoms with E-state index in [0.717, 1.165) is 12.1 Å². The summed E-state index contributed by atoms with van der Waals surface area (Å²) in [5.41, 5.74) is -2.85. The number of carbonyl (C=O) groups excluding carboxylic acids is 1. The van der Waals surface area contributed by atoms with Crippen LogP contribution >= 0.6 is 0 Å². The molecular formula is C17H14F3N5O4S. The molecule has 3 rings (SSSR count). The Hall–Kier alpha value is -3.48. The lowest BCUT2D eigenvalue weighted by molar-refractivity contribution is -0.143. The van der Waals surface area contributed by atoms with Crippen molar-refractivity contribution in [3.63, 3.8) is 0 Å². The molecule has 2 N–H and O–H groups in total. The molecule has 2 aromatic heterocycles. The molecule has 0 saturated carbocycles. The lowest BCUT2D eigenvalue weighted by Gasteiger charge is -2.12. The first-order chi connectivity index (χ1) is 14.1. The van der Waals surface area contributed by atoms with Crippen LogP contribution in [0.25, 0.3) is 5.82 Å². The van der Waals surface area contributed by atoms with Crippen LogP contribution in [0.1, 0.15) is 16.1 Å². The van der Waals surface area contributed by atoms with Crippen LogP contribution in [0.2, 0.25) is 0 Å². The molecule has 0 saturated heterocycles. The first-order valence-electron chi connectivity index (χ1n) is 8.37. The molecule has 0 bridgehead atoms. The third-order valence-electron chi connectivity index (χ3n) is 3.92. The van der Waals surface area contributed by atoms with Crippen molar-refractivity contribution in [2.24, 2.45) is 0 Å². The van der Waals surface area contributed by atoms with Crippen LogP contribution in [-0.2, 0) is 16.0 Å². The fourth-order valence-corrected chi connectivity index (χ4v) is 3.73. The number of amides is 1. The molecule has 3 aromatic rings. The molecule has 0 fully saturated rings. The van der Waals surface area contributed by atoms with E-state index in [2.05, 4.69) is 15.5 Å². The lowest BCUT2D eigenvalue weighted by atomic mass is 10.2. The van der Waals surface area contributed by atoms with Gasteiger partial charge in [-0.2, -0.15) is 23.4 Å². The van der Waals surface area contributed by atoms with Crippen LogP contribution < -0.4 is 10.9 Å². The van der Waals surface area contributed by atoms with Crippen molar-refractivity contribution in [3.8, 4) is 5.82 Å². The second-order valence-electron chi connectivity index (χ2n) is 5.98. The van der Waals surface area contributed by atoms with Crippen molar-refractivity contribution in [2.45, 2.75) is 11.1 Å². The molecule has 9 nitrogen and oxygen atoms in total. The minimum atomic E-state index is -4.98. The second-order valence-corrected chi connectivity index (χ2v) is 8.09. The average Bonchev–Trinajstić information content (AvgIpc) is 3.15. The number of halogens is 3. The molecule has 1 aromatic carbocycles. The van der Waals surface area contributed by atoms with Crippen molar-refractivity contribution in [3.05, 3.63) is 70.3 Å². The summed E-state index contributed by atoms with van der Waals surface area (Å²) < 4.78 is 65.5. The van der Waals surface area contributed by atoms with Gasteiger partial charge in [-0.1, -0.05) is 18.2 Å². The number of hydrogen-bond donors (Lipinski definition) is 2. The summed E-state index contributed by atoms with van der Waals surface area (Å²) in [6.07, 6.45) is -4.28. The van der Waals surface area contributed by atoms with Crippen LogP contribution in [0.15, 0.2) is 58.4 Å². The Bertz CT molecular complexity index is 1200. The monoisotopic (exact) mass is 441 g/mol. The molecule has 0 aliphatic carbocycles. The highest BCUT2D eigenvalue weighted by Crippen LogP contribution is 2.33. The maximum Gasteiger partial charge on any atom is 0.434 e. The highest BCUT2D eigenvalue weighted by Gasteiger charge is 2.41. The van der Waals surface area contributed by atoms with Crippen molar-refractivity contribution >= 4 is 15.7 Å². The van der Waals surface area contributed by atoms with Gasteiger partial charge in [0.15, 0.2) is 21.3 Å². The Morgan fingerprint density at radius 2 is 1.83 bits per heavy atom. The third kappa shape index (κ3) is 4.56. The topological polar surface area (TPSA) is 127 Å². The maximum atomic E-state index is 13.6. The largest absolute Gasteiger partial charge is 0.434 e. The van der Waals surface area contributed by atoms with Crippen molar-refractivity contribution < 1.29 is 26.4 Å². The number of alkyl halides is 3. The Labute approximate surface area is 167 Å². The zero-order chi connectivity index (χ0) is 21.9. The van der Waals surface area contributed by atoms with Gasteiger partial charge in [-0.05, 0) is 18.2 Å². The number of H-pyrrole nitrogens is 1. The predicted molar refractivity (Wildman–Crippen MR) is 97.8 cm³/mol. The maximum absolute atomic E-state index is 13.6. The van der Waals surface area contributed by atoms with Crippen LogP contribution in [0.4, 0.5) is 13.2 Å². The van der Waals surface area contributed by atoms with E-state index >= 15 is 0 Å². The summed E-state index contributed by atoms with van der Waals surface area (Å²) in [5, 5.41) is 11.2. The molecule has 0 aliphatic rings. The molecule has 2 heterocycles. The Morgan fingerprint density at radius 1 is 1.13 bits per heavy atom. The van der Waals surface area contributed by atoms with Gasteiger partial charge in [0, 0.05) is 12.6 Å². The highest BCUT2D eigenvalue weighted by molar-refractivity contribution is 7.91. The van der Waals surface area contributed by atoms with E-state index in [0.29, 0.717) is 10.9 Å². The van der Waals surface area contributed by atoms with Crippen LogP contribution in [-0.4, -0.2) is 46.6 Å². The van der Waals surface area contributed by atoms with E-state index in [1.807, 2.05) is 5.10 Å². The zero-order valence-electron chi connectivity index (χ0n) is 15.0. The quantitative estimate of drug-likeness (QED) is 0.592. The van der Waals surface area contributed by atoms with Gasteiger partial charge in [-0.3, -0.25) is 9.59 Å². The minimum Gasteiger partial charge on any atom is -0.351 e. The smallest absolute Gasteiger partial charge is 0.351 e. The second kappa shape index (κ2) is 8.10. The zero-order valence-corrected chi connectivity index (χ0v) is 15.9. The summed E-state index contributed by atoms with van der Waals surface area (Å²) in [6.45, 7) is -0.407. The van der Waals surface area contributed by atoms with Gasteiger partial charge in [0.05, 0.1) is 22.4 Å². The van der Waals surface area contributed by atoms with E-state index in [9.17, 15) is 31.2 Å². The van der Waals surface area contributed by atoms with E-state index in [1.54, 1.807) is 6.07 Å². The number of rotatable bonds is 6. The predicted octanol–water partition coefficient (Wildman–Crippen LogP) is 1.18. The molecule has 30 heavy (non-hydrogen) atoms. The number of nitrogens with one attached hydrogen (secondary N) is 2. The van der Waals surface area contributed by atoms with Crippen LogP contribution in [0.3, 0.4) is 0 Å².